The lowest BCUT2D eigenvalue weighted by Gasteiger charge is -2.13. The van der Waals surface area contributed by atoms with Crippen LogP contribution in [-0.2, 0) is 11.8 Å². The summed E-state index contributed by atoms with van der Waals surface area (Å²) < 4.78 is 0. The van der Waals surface area contributed by atoms with Gasteiger partial charge in [0, 0.05) is 17.3 Å². The molecule has 1 aromatic heterocycles. The third-order valence-electron chi connectivity index (χ3n) is 4.40. The van der Waals surface area contributed by atoms with Crippen molar-refractivity contribution in [3.8, 4) is 0 Å². The highest BCUT2D eigenvalue weighted by Gasteiger charge is 2.64. The van der Waals surface area contributed by atoms with Gasteiger partial charge in [0.1, 0.15) is 0 Å². The lowest BCUT2D eigenvalue weighted by atomic mass is 9.93. The molecule has 1 heterocycles. The molecule has 0 aliphatic heterocycles. The number of pyridine rings is 1. The summed E-state index contributed by atoms with van der Waals surface area (Å²) in [5.74, 6) is 1.76. The molecule has 13 heavy (non-hydrogen) atoms. The van der Waals surface area contributed by atoms with Crippen LogP contribution in [0.4, 0.5) is 0 Å². The first-order valence-electron chi connectivity index (χ1n) is 5.10. The first-order chi connectivity index (χ1) is 6.15. The number of fused-ring (bicyclic) bond motifs is 3. The summed E-state index contributed by atoms with van der Waals surface area (Å²) in [6.07, 6.45) is 3.17. The van der Waals surface area contributed by atoms with Crippen LogP contribution in [0.1, 0.15) is 30.7 Å². The standard InChI is InChI=1S/C12H15N/c1-7-4-5-13-10-6-9-8(2)12(9,3)11(7)10/h4-5,8-9H,6H2,1-3H3. The Bertz CT molecular complexity index is 383. The average Bonchev–Trinajstić information content (AvgIpc) is 2.51. The van der Waals surface area contributed by atoms with Crippen molar-refractivity contribution in [2.75, 3.05) is 0 Å². The van der Waals surface area contributed by atoms with E-state index in [1.165, 1.54) is 17.7 Å². The Kier molecular flexibility index (Phi) is 1.14. The highest BCUT2D eigenvalue weighted by molar-refractivity contribution is 5.48. The van der Waals surface area contributed by atoms with Crippen molar-refractivity contribution < 1.29 is 0 Å². The Balaban J connectivity index is 2.24. The van der Waals surface area contributed by atoms with Crippen LogP contribution in [0.2, 0.25) is 0 Å². The maximum atomic E-state index is 4.48. The summed E-state index contributed by atoms with van der Waals surface area (Å²) >= 11 is 0. The summed E-state index contributed by atoms with van der Waals surface area (Å²) in [6, 6.07) is 2.15. The number of aromatic nitrogens is 1. The van der Waals surface area contributed by atoms with Crippen molar-refractivity contribution in [3.63, 3.8) is 0 Å². The zero-order valence-electron chi connectivity index (χ0n) is 8.46. The first-order valence-corrected chi connectivity index (χ1v) is 5.10. The van der Waals surface area contributed by atoms with Gasteiger partial charge in [0.05, 0.1) is 0 Å². The van der Waals surface area contributed by atoms with E-state index < -0.39 is 0 Å². The van der Waals surface area contributed by atoms with Crippen LogP contribution in [-0.4, -0.2) is 4.98 Å². The molecular weight excluding hydrogens is 158 g/mol. The number of hydrogen-bond acceptors (Lipinski definition) is 1. The molecule has 68 valence electrons. The van der Waals surface area contributed by atoms with E-state index in [2.05, 4.69) is 31.8 Å². The molecule has 0 bridgehead atoms. The van der Waals surface area contributed by atoms with Gasteiger partial charge in [-0.25, -0.2) is 0 Å². The number of aryl methyl sites for hydroxylation is 1. The molecule has 0 saturated heterocycles. The number of rotatable bonds is 0. The molecule has 3 atom stereocenters. The van der Waals surface area contributed by atoms with Crippen molar-refractivity contribution >= 4 is 0 Å². The fourth-order valence-corrected chi connectivity index (χ4v) is 3.35. The second-order valence-corrected chi connectivity index (χ2v) is 4.83. The molecule has 0 radical (unpaired) electrons. The summed E-state index contributed by atoms with van der Waals surface area (Å²) in [4.78, 5) is 4.48. The van der Waals surface area contributed by atoms with Gasteiger partial charge in [-0.2, -0.15) is 0 Å². The molecule has 2 aliphatic carbocycles. The molecule has 1 heteroatoms. The van der Waals surface area contributed by atoms with Crippen LogP contribution in [0.15, 0.2) is 12.3 Å². The van der Waals surface area contributed by atoms with E-state index in [0.29, 0.717) is 5.41 Å². The minimum Gasteiger partial charge on any atom is -0.261 e. The predicted molar refractivity (Wildman–Crippen MR) is 52.7 cm³/mol. The van der Waals surface area contributed by atoms with Crippen LogP contribution >= 0.6 is 0 Å². The van der Waals surface area contributed by atoms with Crippen molar-refractivity contribution in [2.45, 2.75) is 32.6 Å². The van der Waals surface area contributed by atoms with E-state index >= 15 is 0 Å². The van der Waals surface area contributed by atoms with Gasteiger partial charge >= 0.3 is 0 Å². The quantitative estimate of drug-likeness (QED) is 0.587. The van der Waals surface area contributed by atoms with Crippen LogP contribution in [0.5, 0.6) is 0 Å². The molecule has 0 N–H and O–H groups in total. The van der Waals surface area contributed by atoms with Gasteiger partial charge in [-0.05, 0) is 42.4 Å². The molecule has 0 aromatic carbocycles. The summed E-state index contributed by atoms with van der Waals surface area (Å²) in [6.45, 7) is 7.00. The SMILES string of the molecule is Cc1ccnc2c1C1(C)C(C)C1C2. The third-order valence-corrected chi connectivity index (χ3v) is 4.40. The molecule has 1 aromatic rings. The van der Waals surface area contributed by atoms with E-state index in [9.17, 15) is 0 Å². The molecule has 1 fully saturated rings. The Hall–Kier alpha value is -0.850. The summed E-state index contributed by atoms with van der Waals surface area (Å²) in [7, 11) is 0. The third kappa shape index (κ3) is 0.676. The molecule has 3 unspecified atom stereocenters. The zero-order chi connectivity index (χ0) is 9.22. The maximum absolute atomic E-state index is 4.48. The zero-order valence-corrected chi connectivity index (χ0v) is 8.46. The minimum atomic E-state index is 0.480. The minimum absolute atomic E-state index is 0.480. The Morgan fingerprint density at radius 1 is 1.54 bits per heavy atom. The maximum Gasteiger partial charge on any atom is 0.0447 e. The van der Waals surface area contributed by atoms with Crippen molar-refractivity contribution in [2.24, 2.45) is 11.8 Å². The second-order valence-electron chi connectivity index (χ2n) is 4.83. The fraction of sp³-hybridized carbons (Fsp3) is 0.583. The molecule has 0 amide bonds. The number of nitrogens with zero attached hydrogens (tertiary/aromatic N) is 1. The number of hydrogen-bond donors (Lipinski definition) is 0. The average molecular weight is 173 g/mol. The van der Waals surface area contributed by atoms with Gasteiger partial charge in [0.15, 0.2) is 0 Å². The van der Waals surface area contributed by atoms with E-state index in [1.54, 1.807) is 5.56 Å². The molecular formula is C12H15N. The first kappa shape index (κ1) is 7.54. The lowest BCUT2D eigenvalue weighted by molar-refractivity contribution is 0.694. The molecule has 1 saturated carbocycles. The van der Waals surface area contributed by atoms with Gasteiger partial charge in [-0.15, -0.1) is 0 Å². The Morgan fingerprint density at radius 3 is 3.08 bits per heavy atom. The van der Waals surface area contributed by atoms with Crippen molar-refractivity contribution in [3.05, 3.63) is 29.1 Å². The summed E-state index contributed by atoms with van der Waals surface area (Å²) in [5, 5.41) is 0. The van der Waals surface area contributed by atoms with E-state index in [1.807, 2.05) is 6.20 Å². The van der Waals surface area contributed by atoms with Crippen LogP contribution in [0.3, 0.4) is 0 Å². The van der Waals surface area contributed by atoms with Crippen LogP contribution in [0, 0.1) is 18.8 Å². The van der Waals surface area contributed by atoms with Crippen LogP contribution in [0.25, 0.3) is 0 Å². The normalized spacial score (nSPS) is 39.9. The predicted octanol–water partition coefficient (Wildman–Crippen LogP) is 2.47. The Morgan fingerprint density at radius 2 is 2.31 bits per heavy atom. The second kappa shape index (κ2) is 1.97. The molecule has 3 rings (SSSR count). The van der Waals surface area contributed by atoms with Gasteiger partial charge < -0.3 is 0 Å². The lowest BCUT2D eigenvalue weighted by Crippen LogP contribution is -2.07. The molecule has 0 spiro atoms. The smallest absolute Gasteiger partial charge is 0.0447 e. The van der Waals surface area contributed by atoms with E-state index in [4.69, 9.17) is 0 Å². The van der Waals surface area contributed by atoms with E-state index in [0.717, 1.165) is 11.8 Å². The highest BCUT2D eigenvalue weighted by atomic mass is 14.8. The monoisotopic (exact) mass is 173 g/mol. The van der Waals surface area contributed by atoms with Gasteiger partial charge in [0.2, 0.25) is 0 Å². The summed E-state index contributed by atoms with van der Waals surface area (Å²) in [5.41, 5.74) is 4.85. The largest absolute Gasteiger partial charge is 0.261 e. The van der Waals surface area contributed by atoms with Gasteiger partial charge in [0.25, 0.3) is 0 Å². The molecule has 2 aliphatic rings. The van der Waals surface area contributed by atoms with Gasteiger partial charge in [-0.1, -0.05) is 13.8 Å². The molecule has 1 nitrogen and oxygen atoms in total. The Labute approximate surface area is 79.2 Å². The van der Waals surface area contributed by atoms with Crippen molar-refractivity contribution in [1.29, 1.82) is 0 Å². The van der Waals surface area contributed by atoms with E-state index in [-0.39, 0.29) is 0 Å². The van der Waals surface area contributed by atoms with Gasteiger partial charge in [-0.3, -0.25) is 4.98 Å². The topological polar surface area (TPSA) is 12.9 Å². The highest BCUT2D eigenvalue weighted by Crippen LogP contribution is 2.66. The fourth-order valence-electron chi connectivity index (χ4n) is 3.35. The van der Waals surface area contributed by atoms with Crippen LogP contribution < -0.4 is 0 Å². The van der Waals surface area contributed by atoms with Crippen molar-refractivity contribution in [1.82, 2.24) is 4.98 Å².